The van der Waals surface area contributed by atoms with Gasteiger partial charge in [-0.15, -0.1) is 0 Å². The Kier molecular flexibility index (Phi) is 4.26. The Morgan fingerprint density at radius 3 is 2.44 bits per heavy atom. The van der Waals surface area contributed by atoms with Crippen molar-refractivity contribution in [2.45, 2.75) is 18.9 Å². The van der Waals surface area contributed by atoms with Gasteiger partial charge < -0.3 is 19.7 Å². The average molecular weight is 431 g/mol. The minimum Gasteiger partial charge on any atom is -0.354 e. The molecule has 1 saturated heterocycles. The minimum absolute atomic E-state index is 0.171. The monoisotopic (exact) mass is 430 g/mol. The fourth-order valence-corrected chi connectivity index (χ4v) is 4.73. The summed E-state index contributed by atoms with van der Waals surface area (Å²) < 4.78 is 3.91. The molecule has 1 aliphatic carbocycles. The maximum atomic E-state index is 13.6. The first-order chi connectivity index (χ1) is 15.5. The van der Waals surface area contributed by atoms with Crippen LogP contribution >= 0.6 is 0 Å². The number of anilines is 1. The summed E-state index contributed by atoms with van der Waals surface area (Å²) in [6.07, 6.45) is 1.93. The molecule has 0 spiro atoms. The highest BCUT2D eigenvalue weighted by molar-refractivity contribution is 6.06. The molecule has 3 aromatic heterocycles. The predicted octanol–water partition coefficient (Wildman–Crippen LogP) is 1.98. The quantitative estimate of drug-likeness (QED) is 0.538. The second kappa shape index (κ2) is 7.06. The van der Waals surface area contributed by atoms with Crippen LogP contribution in [0.25, 0.3) is 27.7 Å². The van der Waals surface area contributed by atoms with Crippen molar-refractivity contribution in [1.82, 2.24) is 24.2 Å². The molecule has 4 heterocycles. The van der Waals surface area contributed by atoms with Crippen molar-refractivity contribution in [1.29, 1.82) is 0 Å². The van der Waals surface area contributed by atoms with Crippen molar-refractivity contribution in [2.75, 3.05) is 38.1 Å². The van der Waals surface area contributed by atoms with Gasteiger partial charge in [0, 0.05) is 39.3 Å². The minimum atomic E-state index is -0.300. The fraction of sp³-hybridized carbons (Fsp3) is 0.375. The van der Waals surface area contributed by atoms with Crippen LogP contribution in [0.15, 0.2) is 41.2 Å². The van der Waals surface area contributed by atoms with Gasteiger partial charge in [0.1, 0.15) is 17.0 Å². The van der Waals surface area contributed by atoms with E-state index < -0.39 is 0 Å². The number of amides is 1. The van der Waals surface area contributed by atoms with E-state index in [0.29, 0.717) is 16.7 Å². The van der Waals surface area contributed by atoms with E-state index in [1.807, 2.05) is 52.4 Å². The van der Waals surface area contributed by atoms with Gasteiger partial charge >= 0.3 is 0 Å². The lowest BCUT2D eigenvalue weighted by Gasteiger charge is -2.33. The van der Waals surface area contributed by atoms with Crippen molar-refractivity contribution in [3.05, 3.63) is 52.2 Å². The maximum absolute atomic E-state index is 13.6. The summed E-state index contributed by atoms with van der Waals surface area (Å²) in [7, 11) is 4.03. The van der Waals surface area contributed by atoms with Crippen molar-refractivity contribution in [2.24, 2.45) is 7.05 Å². The van der Waals surface area contributed by atoms with Crippen molar-refractivity contribution >= 4 is 39.4 Å². The summed E-state index contributed by atoms with van der Waals surface area (Å²) in [5.74, 6) is 0.563. The molecule has 0 atom stereocenters. The smallest absolute Gasteiger partial charge is 0.259 e. The topological polar surface area (TPSA) is 74.9 Å². The zero-order chi connectivity index (χ0) is 22.0. The van der Waals surface area contributed by atoms with E-state index in [-0.39, 0.29) is 22.9 Å². The van der Waals surface area contributed by atoms with Gasteiger partial charge in [0.25, 0.3) is 5.91 Å². The van der Waals surface area contributed by atoms with Gasteiger partial charge in [0.15, 0.2) is 5.65 Å². The molecular formula is C24H26N6O2. The van der Waals surface area contributed by atoms with Crippen LogP contribution in [0.3, 0.4) is 0 Å². The number of imidazole rings is 1. The molecule has 2 aliphatic rings. The molecule has 2 fully saturated rings. The number of piperazine rings is 1. The standard InChI is InChI=1S/C24H26N6O2/c1-27-11-13-29(14-12-27)19-10-9-16-21(31)20(23(32)25-15-7-8-15)24-28(2)17-5-3-4-6-18(17)30(24)22(16)26-19/h3-6,9-10,15H,7-8,11-14H2,1-2H3,(H,25,32). The molecule has 32 heavy (non-hydrogen) atoms. The Balaban J connectivity index is 1.66. The Morgan fingerprint density at radius 1 is 1.00 bits per heavy atom. The van der Waals surface area contributed by atoms with Crippen molar-refractivity contribution in [3.8, 4) is 0 Å². The number of aromatic nitrogens is 3. The Morgan fingerprint density at radius 2 is 1.72 bits per heavy atom. The number of hydrogen-bond donors (Lipinski definition) is 1. The van der Waals surface area contributed by atoms with Crippen LogP contribution in [0.1, 0.15) is 23.2 Å². The van der Waals surface area contributed by atoms with Crippen molar-refractivity contribution < 1.29 is 4.79 Å². The summed E-state index contributed by atoms with van der Waals surface area (Å²) in [6.45, 7) is 3.74. The first-order valence-corrected chi connectivity index (χ1v) is 11.2. The van der Waals surface area contributed by atoms with Crippen molar-refractivity contribution in [3.63, 3.8) is 0 Å². The first-order valence-electron chi connectivity index (χ1n) is 11.2. The van der Waals surface area contributed by atoms with E-state index in [0.717, 1.165) is 55.9 Å². The van der Waals surface area contributed by atoms with E-state index in [1.54, 1.807) is 0 Å². The molecule has 1 saturated carbocycles. The number of nitrogens with one attached hydrogen (secondary N) is 1. The van der Waals surface area contributed by atoms with Crippen LogP contribution in [0.2, 0.25) is 0 Å². The molecule has 164 valence electrons. The highest BCUT2D eigenvalue weighted by atomic mass is 16.2. The molecule has 1 amide bonds. The molecule has 0 unspecified atom stereocenters. The number of hydrogen-bond acceptors (Lipinski definition) is 5. The molecule has 8 heteroatoms. The highest BCUT2D eigenvalue weighted by Gasteiger charge is 2.29. The number of likely N-dealkylation sites (N-methyl/N-ethyl adjacent to an activating group) is 1. The number of pyridine rings is 2. The van der Waals surface area contributed by atoms with E-state index in [9.17, 15) is 9.59 Å². The van der Waals surface area contributed by atoms with E-state index in [4.69, 9.17) is 4.98 Å². The normalized spacial score (nSPS) is 17.5. The number of fused-ring (bicyclic) bond motifs is 5. The molecule has 0 bridgehead atoms. The number of carbonyl (C=O) groups is 1. The summed E-state index contributed by atoms with van der Waals surface area (Å²) in [5, 5.41) is 3.48. The highest BCUT2D eigenvalue weighted by Crippen LogP contribution is 2.27. The molecular weight excluding hydrogens is 404 g/mol. The summed E-state index contributed by atoms with van der Waals surface area (Å²) in [6, 6.07) is 11.9. The third-order valence-electron chi connectivity index (χ3n) is 6.75. The van der Waals surface area contributed by atoms with Gasteiger partial charge in [-0.3, -0.25) is 14.0 Å². The third-order valence-corrected chi connectivity index (χ3v) is 6.75. The Labute approximate surface area is 185 Å². The van der Waals surface area contributed by atoms with E-state index in [1.165, 1.54) is 0 Å². The lowest BCUT2D eigenvalue weighted by atomic mass is 10.1. The predicted molar refractivity (Wildman–Crippen MR) is 126 cm³/mol. The zero-order valence-corrected chi connectivity index (χ0v) is 18.3. The number of nitrogens with zero attached hydrogens (tertiary/aromatic N) is 5. The van der Waals surface area contributed by atoms with Crippen LogP contribution in [0, 0.1) is 0 Å². The van der Waals surface area contributed by atoms with Crippen LogP contribution < -0.4 is 15.6 Å². The molecule has 1 aliphatic heterocycles. The fourth-order valence-electron chi connectivity index (χ4n) is 4.73. The first kappa shape index (κ1) is 19.3. The van der Waals surface area contributed by atoms with E-state index in [2.05, 4.69) is 22.2 Å². The van der Waals surface area contributed by atoms with Crippen LogP contribution in [-0.4, -0.2) is 64.0 Å². The molecule has 1 N–H and O–H groups in total. The molecule has 8 nitrogen and oxygen atoms in total. The van der Waals surface area contributed by atoms with Gasteiger partial charge in [-0.2, -0.15) is 0 Å². The lowest BCUT2D eigenvalue weighted by molar-refractivity contribution is 0.0951. The van der Waals surface area contributed by atoms with Crippen LogP contribution in [-0.2, 0) is 7.05 Å². The SMILES string of the molecule is CN1CCN(c2ccc3c(=O)c(C(=O)NC4CC4)c4n(C)c5ccccc5n4c3n2)CC1. The number of carbonyl (C=O) groups excluding carboxylic acids is 1. The third kappa shape index (κ3) is 2.90. The van der Waals surface area contributed by atoms with Gasteiger partial charge in [0.05, 0.1) is 16.4 Å². The molecule has 6 rings (SSSR count). The summed E-state index contributed by atoms with van der Waals surface area (Å²) in [5.41, 5.74) is 3.00. The van der Waals surface area contributed by atoms with E-state index >= 15 is 0 Å². The number of benzene rings is 1. The van der Waals surface area contributed by atoms with Gasteiger partial charge in [-0.1, -0.05) is 12.1 Å². The lowest BCUT2D eigenvalue weighted by Crippen LogP contribution is -2.44. The number of aryl methyl sites for hydroxylation is 1. The molecule has 0 radical (unpaired) electrons. The largest absolute Gasteiger partial charge is 0.354 e. The molecule has 4 aromatic rings. The second-order valence-electron chi connectivity index (χ2n) is 8.99. The van der Waals surface area contributed by atoms with Gasteiger partial charge in [0.2, 0.25) is 5.43 Å². The average Bonchev–Trinajstić information content (AvgIpc) is 3.57. The number of rotatable bonds is 3. The van der Waals surface area contributed by atoms with Crippen LogP contribution in [0.4, 0.5) is 5.82 Å². The Hall–Kier alpha value is -3.39. The molecule has 1 aromatic carbocycles. The van der Waals surface area contributed by atoms with Crippen LogP contribution in [0.5, 0.6) is 0 Å². The number of para-hydroxylation sites is 2. The van der Waals surface area contributed by atoms with Gasteiger partial charge in [-0.05, 0) is 44.2 Å². The Bertz CT molecular complexity index is 1440. The zero-order valence-electron chi connectivity index (χ0n) is 18.3. The summed E-state index contributed by atoms with van der Waals surface area (Å²) in [4.78, 5) is 36.3. The van der Waals surface area contributed by atoms with Gasteiger partial charge in [-0.25, -0.2) is 4.98 Å². The maximum Gasteiger partial charge on any atom is 0.259 e. The second-order valence-corrected chi connectivity index (χ2v) is 8.99. The summed E-state index contributed by atoms with van der Waals surface area (Å²) >= 11 is 0.